The van der Waals surface area contributed by atoms with Crippen LogP contribution < -0.4 is 24.4 Å². The first kappa shape index (κ1) is 24.3. The SMILES string of the molecule is COc1ccc(OC)c(/C=N\Nc2ccc(S(=O)(=O)Nc3ccccc3OC)cc2[N+](=O)[O-])c1. The van der Waals surface area contributed by atoms with E-state index in [-0.39, 0.29) is 16.3 Å². The van der Waals surface area contributed by atoms with Gasteiger partial charge in [0.1, 0.15) is 22.9 Å². The summed E-state index contributed by atoms with van der Waals surface area (Å²) in [6, 6.07) is 14.9. The van der Waals surface area contributed by atoms with Crippen LogP contribution in [0, 0.1) is 10.1 Å². The van der Waals surface area contributed by atoms with Crippen molar-refractivity contribution in [2.24, 2.45) is 5.10 Å². The lowest BCUT2D eigenvalue weighted by molar-refractivity contribution is -0.384. The van der Waals surface area contributed by atoms with Crippen LogP contribution in [0.25, 0.3) is 0 Å². The molecule has 0 saturated carbocycles. The predicted molar refractivity (Wildman–Crippen MR) is 128 cm³/mol. The summed E-state index contributed by atoms with van der Waals surface area (Å²) in [6.07, 6.45) is 1.40. The highest BCUT2D eigenvalue weighted by Gasteiger charge is 2.22. The second-order valence-electron chi connectivity index (χ2n) is 6.72. The van der Waals surface area contributed by atoms with Gasteiger partial charge in [0.2, 0.25) is 0 Å². The Labute approximate surface area is 196 Å². The van der Waals surface area contributed by atoms with Gasteiger partial charge in [-0.05, 0) is 42.5 Å². The quantitative estimate of drug-likeness (QED) is 0.250. The third-order valence-electron chi connectivity index (χ3n) is 4.65. The minimum Gasteiger partial charge on any atom is -0.497 e. The lowest BCUT2D eigenvalue weighted by Crippen LogP contribution is -2.14. The van der Waals surface area contributed by atoms with Crippen LogP contribution in [0.1, 0.15) is 5.56 Å². The number of ether oxygens (including phenoxy) is 3. The van der Waals surface area contributed by atoms with E-state index >= 15 is 0 Å². The van der Waals surface area contributed by atoms with Crippen LogP contribution in [-0.4, -0.2) is 40.9 Å². The normalized spacial score (nSPS) is 11.1. The number of nitro groups is 1. The molecule has 0 aliphatic carbocycles. The van der Waals surface area contributed by atoms with Crippen LogP contribution in [-0.2, 0) is 10.0 Å². The molecule has 0 aliphatic rings. The molecule has 0 unspecified atom stereocenters. The van der Waals surface area contributed by atoms with Crippen molar-refractivity contribution in [1.29, 1.82) is 0 Å². The van der Waals surface area contributed by atoms with E-state index in [0.29, 0.717) is 22.8 Å². The van der Waals surface area contributed by atoms with E-state index < -0.39 is 20.6 Å². The highest BCUT2D eigenvalue weighted by atomic mass is 32.2. The maximum Gasteiger partial charge on any atom is 0.295 e. The number of nitrogens with zero attached hydrogens (tertiary/aromatic N) is 2. The van der Waals surface area contributed by atoms with Gasteiger partial charge in [-0.25, -0.2) is 8.42 Å². The Bertz CT molecular complexity index is 1330. The second kappa shape index (κ2) is 10.5. The van der Waals surface area contributed by atoms with Crippen molar-refractivity contribution in [3.63, 3.8) is 0 Å². The monoisotopic (exact) mass is 486 g/mol. The third kappa shape index (κ3) is 5.53. The Hall–Kier alpha value is -4.32. The molecule has 0 radical (unpaired) electrons. The number of benzene rings is 3. The van der Waals surface area contributed by atoms with Crippen molar-refractivity contribution >= 4 is 33.3 Å². The van der Waals surface area contributed by atoms with Gasteiger partial charge < -0.3 is 14.2 Å². The number of anilines is 2. The molecule has 3 aromatic rings. The van der Waals surface area contributed by atoms with Crippen molar-refractivity contribution in [2.75, 3.05) is 31.5 Å². The minimum absolute atomic E-state index is 0.000598. The van der Waals surface area contributed by atoms with Gasteiger partial charge in [0.25, 0.3) is 15.7 Å². The molecule has 0 bridgehead atoms. The summed E-state index contributed by atoms with van der Waals surface area (Å²) in [6.45, 7) is 0. The molecule has 12 heteroatoms. The molecule has 0 atom stereocenters. The Kier molecular flexibility index (Phi) is 7.53. The van der Waals surface area contributed by atoms with E-state index in [1.165, 1.54) is 45.7 Å². The Morgan fingerprint density at radius 2 is 1.65 bits per heavy atom. The predicted octanol–water partition coefficient (Wildman–Crippen LogP) is 3.87. The summed E-state index contributed by atoms with van der Waals surface area (Å²) in [5, 5.41) is 15.6. The fourth-order valence-electron chi connectivity index (χ4n) is 2.97. The Morgan fingerprint density at radius 3 is 2.32 bits per heavy atom. The van der Waals surface area contributed by atoms with Crippen molar-refractivity contribution in [2.45, 2.75) is 4.90 Å². The molecule has 0 aliphatic heterocycles. The smallest absolute Gasteiger partial charge is 0.295 e. The third-order valence-corrected chi connectivity index (χ3v) is 6.02. The zero-order chi connectivity index (χ0) is 24.7. The van der Waals surface area contributed by atoms with Gasteiger partial charge >= 0.3 is 0 Å². The first-order chi connectivity index (χ1) is 16.3. The fourth-order valence-corrected chi connectivity index (χ4v) is 4.06. The number of hydrazone groups is 1. The second-order valence-corrected chi connectivity index (χ2v) is 8.40. The summed E-state index contributed by atoms with van der Waals surface area (Å²) < 4.78 is 43.6. The maximum atomic E-state index is 12.8. The van der Waals surface area contributed by atoms with E-state index in [0.717, 1.165) is 6.07 Å². The molecular formula is C22H22N4O7S. The fraction of sp³-hybridized carbons (Fsp3) is 0.136. The van der Waals surface area contributed by atoms with Crippen LogP contribution in [0.5, 0.6) is 17.2 Å². The van der Waals surface area contributed by atoms with E-state index in [2.05, 4.69) is 15.2 Å². The molecule has 2 N–H and O–H groups in total. The lowest BCUT2D eigenvalue weighted by Gasteiger charge is -2.12. The summed E-state index contributed by atoms with van der Waals surface area (Å²) >= 11 is 0. The molecule has 0 fully saturated rings. The topological polar surface area (TPSA) is 141 Å². The molecule has 34 heavy (non-hydrogen) atoms. The van der Waals surface area contributed by atoms with Crippen molar-refractivity contribution in [3.05, 3.63) is 76.3 Å². The van der Waals surface area contributed by atoms with Crippen LogP contribution in [0.3, 0.4) is 0 Å². The van der Waals surface area contributed by atoms with Crippen LogP contribution in [0.4, 0.5) is 17.1 Å². The number of sulfonamides is 1. The van der Waals surface area contributed by atoms with Gasteiger partial charge in [-0.1, -0.05) is 12.1 Å². The molecule has 0 aromatic heterocycles. The van der Waals surface area contributed by atoms with Crippen LogP contribution in [0.15, 0.2) is 70.7 Å². The Morgan fingerprint density at radius 1 is 0.912 bits per heavy atom. The molecule has 0 amide bonds. The summed E-state index contributed by atoms with van der Waals surface area (Å²) in [4.78, 5) is 10.6. The van der Waals surface area contributed by atoms with Gasteiger partial charge in [0, 0.05) is 11.6 Å². The van der Waals surface area contributed by atoms with E-state index in [1.807, 2.05) is 0 Å². The summed E-state index contributed by atoms with van der Waals surface area (Å²) in [5.41, 5.74) is 2.87. The first-order valence-corrected chi connectivity index (χ1v) is 11.2. The molecule has 0 saturated heterocycles. The molecule has 11 nitrogen and oxygen atoms in total. The van der Waals surface area contributed by atoms with Crippen molar-refractivity contribution in [3.8, 4) is 17.2 Å². The van der Waals surface area contributed by atoms with Gasteiger partial charge in [-0.2, -0.15) is 5.10 Å². The van der Waals surface area contributed by atoms with Crippen molar-refractivity contribution in [1.82, 2.24) is 0 Å². The number of hydrogen-bond donors (Lipinski definition) is 2. The molecular weight excluding hydrogens is 464 g/mol. The lowest BCUT2D eigenvalue weighted by atomic mass is 10.2. The van der Waals surface area contributed by atoms with Gasteiger partial charge in [0.05, 0.1) is 43.1 Å². The Balaban J connectivity index is 1.88. The summed E-state index contributed by atoms with van der Waals surface area (Å²) in [7, 11) is 0.285. The van der Waals surface area contributed by atoms with Gasteiger partial charge in [-0.3, -0.25) is 20.3 Å². The average Bonchev–Trinajstić information content (AvgIpc) is 2.84. The van der Waals surface area contributed by atoms with E-state index in [9.17, 15) is 18.5 Å². The standard InChI is InChI=1S/C22H22N4O7S/c1-31-16-8-11-21(32-2)15(12-16)14-23-24-18-10-9-17(13-20(18)26(27)28)34(29,30)25-19-6-4-5-7-22(19)33-3/h4-14,24-25H,1-3H3/b23-14-. The minimum atomic E-state index is -4.13. The molecule has 3 rings (SSSR count). The van der Waals surface area contributed by atoms with E-state index in [4.69, 9.17) is 14.2 Å². The number of nitro benzene ring substituents is 1. The van der Waals surface area contributed by atoms with Crippen molar-refractivity contribution < 1.29 is 27.6 Å². The van der Waals surface area contributed by atoms with Crippen LogP contribution >= 0.6 is 0 Å². The number of methoxy groups -OCH3 is 3. The van der Waals surface area contributed by atoms with Gasteiger partial charge in [0.15, 0.2) is 0 Å². The number of nitrogens with one attached hydrogen (secondary N) is 2. The van der Waals surface area contributed by atoms with E-state index in [1.54, 1.807) is 36.4 Å². The number of para-hydroxylation sites is 2. The number of hydrogen-bond acceptors (Lipinski definition) is 9. The van der Waals surface area contributed by atoms with Crippen LogP contribution in [0.2, 0.25) is 0 Å². The number of rotatable bonds is 10. The zero-order valence-corrected chi connectivity index (χ0v) is 19.3. The highest BCUT2D eigenvalue weighted by molar-refractivity contribution is 7.92. The molecule has 3 aromatic carbocycles. The summed E-state index contributed by atoms with van der Waals surface area (Å²) in [5.74, 6) is 1.40. The first-order valence-electron chi connectivity index (χ1n) is 9.74. The molecule has 0 heterocycles. The maximum absolute atomic E-state index is 12.8. The zero-order valence-electron chi connectivity index (χ0n) is 18.5. The molecule has 178 valence electrons. The van der Waals surface area contributed by atoms with Gasteiger partial charge in [-0.15, -0.1) is 0 Å². The molecule has 0 spiro atoms. The average molecular weight is 487 g/mol. The highest BCUT2D eigenvalue weighted by Crippen LogP contribution is 2.31. The largest absolute Gasteiger partial charge is 0.497 e.